The molecule has 1 atom stereocenters. The largest absolute Gasteiger partial charge is 0.316 e. The number of pyridine rings is 2. The maximum absolute atomic E-state index is 14.7. The van der Waals surface area contributed by atoms with E-state index in [2.05, 4.69) is 15.3 Å². The molecule has 0 saturated carbocycles. The SMILES string of the molecule is Cc1cn2cc(-c3cc(F)c4nc(CC5CCCNC5)cn4c3)cc(F)c2n1. The van der Waals surface area contributed by atoms with Crippen molar-refractivity contribution in [3.63, 3.8) is 0 Å². The van der Waals surface area contributed by atoms with Crippen molar-refractivity contribution < 1.29 is 8.78 Å². The Hall–Kier alpha value is -2.80. The summed E-state index contributed by atoms with van der Waals surface area (Å²) in [6.07, 6.45) is 10.4. The van der Waals surface area contributed by atoms with Crippen LogP contribution in [0.1, 0.15) is 24.2 Å². The van der Waals surface area contributed by atoms with Gasteiger partial charge in [-0.25, -0.2) is 18.7 Å². The summed E-state index contributed by atoms with van der Waals surface area (Å²) >= 11 is 0. The van der Waals surface area contributed by atoms with Gasteiger partial charge in [-0.1, -0.05) is 0 Å². The number of hydrogen-bond acceptors (Lipinski definition) is 3. The van der Waals surface area contributed by atoms with Crippen molar-refractivity contribution in [3.8, 4) is 11.1 Å². The Morgan fingerprint density at radius 1 is 1.00 bits per heavy atom. The summed E-state index contributed by atoms with van der Waals surface area (Å²) in [5.41, 5.74) is 3.39. The van der Waals surface area contributed by atoms with E-state index in [9.17, 15) is 8.78 Å². The van der Waals surface area contributed by atoms with Crippen LogP contribution in [-0.4, -0.2) is 31.9 Å². The Morgan fingerprint density at radius 2 is 1.68 bits per heavy atom. The highest BCUT2D eigenvalue weighted by Gasteiger charge is 2.17. The second-order valence-corrected chi connectivity index (χ2v) is 7.65. The fourth-order valence-corrected chi connectivity index (χ4v) is 4.10. The van der Waals surface area contributed by atoms with Crippen molar-refractivity contribution in [1.82, 2.24) is 24.1 Å². The summed E-state index contributed by atoms with van der Waals surface area (Å²) in [5.74, 6) is -0.308. The minimum absolute atomic E-state index is 0.272. The van der Waals surface area contributed by atoms with Crippen molar-refractivity contribution in [2.75, 3.05) is 13.1 Å². The molecule has 0 aliphatic carbocycles. The zero-order valence-electron chi connectivity index (χ0n) is 15.6. The first kappa shape index (κ1) is 17.3. The average Bonchev–Trinajstić information content (AvgIpc) is 3.25. The molecule has 1 unspecified atom stereocenters. The summed E-state index contributed by atoms with van der Waals surface area (Å²) in [5, 5.41) is 3.40. The van der Waals surface area contributed by atoms with Gasteiger partial charge in [0.1, 0.15) is 0 Å². The van der Waals surface area contributed by atoms with Gasteiger partial charge in [0, 0.05) is 35.9 Å². The zero-order chi connectivity index (χ0) is 19.3. The van der Waals surface area contributed by atoms with Crippen LogP contribution in [-0.2, 0) is 6.42 Å². The van der Waals surface area contributed by atoms with Crippen molar-refractivity contribution in [3.05, 3.63) is 59.9 Å². The molecule has 0 spiro atoms. The number of piperidine rings is 1. The summed E-state index contributed by atoms with van der Waals surface area (Å²) in [4.78, 5) is 8.65. The van der Waals surface area contributed by atoms with Crippen molar-refractivity contribution >= 4 is 11.3 Å². The van der Waals surface area contributed by atoms with Gasteiger partial charge in [0.05, 0.1) is 11.4 Å². The molecule has 5 nitrogen and oxygen atoms in total. The zero-order valence-corrected chi connectivity index (χ0v) is 15.6. The second-order valence-electron chi connectivity index (χ2n) is 7.65. The number of fused-ring (bicyclic) bond motifs is 2. The molecule has 1 saturated heterocycles. The third kappa shape index (κ3) is 3.05. The normalized spacial score (nSPS) is 17.6. The lowest BCUT2D eigenvalue weighted by molar-refractivity contribution is 0.374. The molecule has 0 amide bonds. The highest BCUT2D eigenvalue weighted by molar-refractivity contribution is 5.66. The quantitative estimate of drug-likeness (QED) is 0.588. The lowest BCUT2D eigenvalue weighted by Gasteiger charge is -2.21. The van der Waals surface area contributed by atoms with Crippen LogP contribution in [0.25, 0.3) is 22.4 Å². The predicted octanol–water partition coefficient (Wildman–Crippen LogP) is 3.78. The number of halogens is 2. The molecule has 0 aromatic carbocycles. The molecule has 1 aliphatic heterocycles. The topological polar surface area (TPSA) is 46.6 Å². The van der Waals surface area contributed by atoms with Gasteiger partial charge < -0.3 is 14.1 Å². The first-order valence-electron chi connectivity index (χ1n) is 9.60. The molecule has 1 fully saturated rings. The van der Waals surface area contributed by atoms with Gasteiger partial charge in [0.25, 0.3) is 0 Å². The molecular weight excluding hydrogens is 360 g/mol. The lowest BCUT2D eigenvalue weighted by Crippen LogP contribution is -2.30. The maximum atomic E-state index is 14.7. The highest BCUT2D eigenvalue weighted by atomic mass is 19.1. The van der Waals surface area contributed by atoms with Crippen molar-refractivity contribution in [1.29, 1.82) is 0 Å². The van der Waals surface area contributed by atoms with Crippen LogP contribution in [0.2, 0.25) is 0 Å². The van der Waals surface area contributed by atoms with Crippen LogP contribution in [0.3, 0.4) is 0 Å². The number of aryl methyl sites for hydroxylation is 1. The van der Waals surface area contributed by atoms with Gasteiger partial charge in [0.15, 0.2) is 22.9 Å². The first-order chi connectivity index (χ1) is 13.6. The maximum Gasteiger partial charge on any atom is 0.173 e. The predicted molar refractivity (Wildman–Crippen MR) is 103 cm³/mol. The molecule has 1 N–H and O–H groups in total. The molecular formula is C21H21F2N5. The lowest BCUT2D eigenvalue weighted by atomic mass is 9.95. The second kappa shape index (κ2) is 6.67. The summed E-state index contributed by atoms with van der Waals surface area (Å²) in [6.45, 7) is 3.86. The van der Waals surface area contributed by atoms with Crippen LogP contribution < -0.4 is 5.32 Å². The number of nitrogens with one attached hydrogen (secondary N) is 1. The van der Waals surface area contributed by atoms with E-state index in [0.29, 0.717) is 22.7 Å². The third-order valence-corrected chi connectivity index (χ3v) is 5.41. The molecule has 4 aromatic heterocycles. The van der Waals surface area contributed by atoms with Crippen LogP contribution in [0.5, 0.6) is 0 Å². The Balaban J connectivity index is 1.53. The van der Waals surface area contributed by atoms with E-state index in [-0.39, 0.29) is 5.65 Å². The van der Waals surface area contributed by atoms with Crippen LogP contribution in [0.15, 0.2) is 36.9 Å². The van der Waals surface area contributed by atoms with Crippen LogP contribution >= 0.6 is 0 Å². The molecule has 28 heavy (non-hydrogen) atoms. The van der Waals surface area contributed by atoms with Crippen molar-refractivity contribution in [2.45, 2.75) is 26.2 Å². The Labute approximate surface area is 161 Å². The van der Waals surface area contributed by atoms with Gasteiger partial charge in [0.2, 0.25) is 0 Å². The van der Waals surface area contributed by atoms with Crippen LogP contribution in [0.4, 0.5) is 8.78 Å². The molecule has 4 aromatic rings. The number of nitrogens with zero attached hydrogens (tertiary/aromatic N) is 4. The van der Waals surface area contributed by atoms with Gasteiger partial charge in [-0.05, 0) is 57.3 Å². The smallest absolute Gasteiger partial charge is 0.173 e. The Bertz CT molecular complexity index is 1170. The van der Waals surface area contributed by atoms with Crippen LogP contribution in [0, 0.1) is 24.5 Å². The summed E-state index contributed by atoms with van der Waals surface area (Å²) in [6, 6.07) is 2.81. The third-order valence-electron chi connectivity index (χ3n) is 5.41. The van der Waals surface area contributed by atoms with E-state index in [0.717, 1.165) is 43.7 Å². The molecule has 0 bridgehead atoms. The van der Waals surface area contributed by atoms with Gasteiger partial charge in [-0.3, -0.25) is 0 Å². The number of rotatable bonds is 3. The molecule has 5 heterocycles. The van der Waals surface area contributed by atoms with Gasteiger partial charge in [-0.2, -0.15) is 0 Å². The molecule has 5 rings (SSSR count). The van der Waals surface area contributed by atoms with E-state index in [4.69, 9.17) is 0 Å². The Morgan fingerprint density at radius 3 is 2.36 bits per heavy atom. The molecule has 7 heteroatoms. The number of aromatic nitrogens is 4. The minimum Gasteiger partial charge on any atom is -0.316 e. The summed E-state index contributed by atoms with van der Waals surface area (Å²) < 4.78 is 32.5. The molecule has 144 valence electrons. The van der Waals surface area contributed by atoms with E-state index < -0.39 is 11.6 Å². The fraction of sp³-hybridized carbons (Fsp3) is 0.333. The van der Waals surface area contributed by atoms with E-state index >= 15 is 0 Å². The van der Waals surface area contributed by atoms with E-state index in [1.165, 1.54) is 12.1 Å². The first-order valence-corrected chi connectivity index (χ1v) is 9.60. The molecule has 0 radical (unpaired) electrons. The standard InChI is InChI=1S/C21H21F2N5/c1-13-9-27-10-15(6-18(22)20(27)25-13)16-7-19(23)21-26-17(12-28(21)11-16)5-14-3-2-4-24-8-14/h6-7,9-12,14,24H,2-5,8H2,1H3. The Kier molecular flexibility index (Phi) is 4.12. The monoisotopic (exact) mass is 381 g/mol. The van der Waals surface area contributed by atoms with E-state index in [1.54, 1.807) is 27.4 Å². The van der Waals surface area contributed by atoms with Gasteiger partial charge >= 0.3 is 0 Å². The van der Waals surface area contributed by atoms with E-state index in [1.807, 2.05) is 13.1 Å². The highest BCUT2D eigenvalue weighted by Crippen LogP contribution is 2.26. The number of imidazole rings is 2. The van der Waals surface area contributed by atoms with Crippen molar-refractivity contribution in [2.24, 2.45) is 5.92 Å². The molecule has 1 aliphatic rings. The average molecular weight is 381 g/mol. The number of hydrogen-bond donors (Lipinski definition) is 1. The summed E-state index contributed by atoms with van der Waals surface area (Å²) in [7, 11) is 0. The van der Waals surface area contributed by atoms with Gasteiger partial charge in [-0.15, -0.1) is 0 Å². The minimum atomic E-state index is -0.428. The fourth-order valence-electron chi connectivity index (χ4n) is 4.10.